The first-order valence-electron chi connectivity index (χ1n) is 41.1. The average Bonchev–Trinajstić information content (AvgIpc) is 0.899. The van der Waals surface area contributed by atoms with Crippen LogP contribution in [0.15, 0.2) is 146 Å². The third-order valence-electron chi connectivity index (χ3n) is 16.8. The highest BCUT2D eigenvalue weighted by atomic mass is 31.2. The maximum absolute atomic E-state index is 13.1. The maximum atomic E-state index is 13.1. The number of carbonyl (C=O) groups excluding carboxylic acids is 4. The summed E-state index contributed by atoms with van der Waals surface area (Å²) in [5.74, 6) is -2.36. The van der Waals surface area contributed by atoms with E-state index in [-0.39, 0.29) is 25.7 Å². The molecule has 0 bridgehead atoms. The number of rotatable bonds is 76. The van der Waals surface area contributed by atoms with E-state index in [1.807, 2.05) is 18.2 Å². The van der Waals surface area contributed by atoms with Gasteiger partial charge in [0.2, 0.25) is 0 Å². The fourth-order valence-corrected chi connectivity index (χ4v) is 12.2. The Labute approximate surface area is 643 Å². The Morgan fingerprint density at radius 3 is 0.868 bits per heavy atom. The Kier molecular flexibility index (Phi) is 74.3. The van der Waals surface area contributed by atoms with Crippen LogP contribution < -0.4 is 0 Å². The van der Waals surface area contributed by atoms with Gasteiger partial charge in [0.25, 0.3) is 0 Å². The molecule has 0 aromatic carbocycles. The Hall–Kier alpha value is -5.06. The van der Waals surface area contributed by atoms with Gasteiger partial charge in [-0.2, -0.15) is 0 Å². The highest BCUT2D eigenvalue weighted by Crippen LogP contribution is 2.45. The molecular weight excluding hydrogens is 1380 g/mol. The molecule has 0 fully saturated rings. The minimum absolute atomic E-state index is 0.0624. The number of aliphatic hydroxyl groups is 1. The lowest BCUT2D eigenvalue weighted by Crippen LogP contribution is -2.30. The molecule has 0 heterocycles. The molecule has 3 N–H and O–H groups in total. The molecule has 0 aliphatic rings. The van der Waals surface area contributed by atoms with Crippen LogP contribution in [0.5, 0.6) is 0 Å². The lowest BCUT2D eigenvalue weighted by molar-refractivity contribution is -0.161. The van der Waals surface area contributed by atoms with Crippen molar-refractivity contribution in [3.05, 3.63) is 146 Å². The van der Waals surface area contributed by atoms with E-state index in [1.165, 1.54) is 57.8 Å². The van der Waals surface area contributed by atoms with Gasteiger partial charge in [-0.1, -0.05) is 296 Å². The van der Waals surface area contributed by atoms with Gasteiger partial charge >= 0.3 is 39.5 Å². The molecule has 0 rings (SSSR count). The molecule has 606 valence electrons. The summed E-state index contributed by atoms with van der Waals surface area (Å²) < 4.78 is 68.6. The second kappa shape index (κ2) is 78.1. The topological polar surface area (TPSA) is 237 Å². The van der Waals surface area contributed by atoms with E-state index < -0.39 is 97.5 Å². The van der Waals surface area contributed by atoms with E-state index in [1.54, 1.807) is 6.08 Å². The molecule has 0 aliphatic heterocycles. The molecule has 19 heteroatoms. The Morgan fingerprint density at radius 2 is 0.528 bits per heavy atom. The summed E-state index contributed by atoms with van der Waals surface area (Å²) in [5, 5.41) is 10.7. The summed E-state index contributed by atoms with van der Waals surface area (Å²) in [6, 6.07) is 0. The van der Waals surface area contributed by atoms with E-state index in [4.69, 9.17) is 37.0 Å². The number of esters is 4. The number of ether oxygens (including phenoxy) is 4. The molecule has 17 nitrogen and oxygen atoms in total. The van der Waals surface area contributed by atoms with Crippen molar-refractivity contribution in [3.8, 4) is 0 Å². The number of phosphoric ester groups is 2. The van der Waals surface area contributed by atoms with E-state index in [0.29, 0.717) is 25.7 Å². The van der Waals surface area contributed by atoms with Gasteiger partial charge < -0.3 is 33.8 Å². The average molecular weight is 1530 g/mol. The van der Waals surface area contributed by atoms with Crippen LogP contribution >= 0.6 is 15.6 Å². The number of allylic oxidation sites excluding steroid dienone is 23. The highest BCUT2D eigenvalue weighted by molar-refractivity contribution is 7.47. The summed E-state index contributed by atoms with van der Waals surface area (Å²) in [4.78, 5) is 73.1. The second-order valence-electron chi connectivity index (χ2n) is 27.0. The number of hydrogen-bond donors (Lipinski definition) is 3. The fraction of sp³-hybridized carbons (Fsp3) is 0.678. The third kappa shape index (κ3) is 77.1. The zero-order valence-electron chi connectivity index (χ0n) is 66.3. The monoisotopic (exact) mass is 1530 g/mol. The van der Waals surface area contributed by atoms with Gasteiger partial charge in [0.1, 0.15) is 19.3 Å². The third-order valence-corrected chi connectivity index (χ3v) is 18.7. The van der Waals surface area contributed by atoms with Crippen LogP contribution in [-0.2, 0) is 65.4 Å². The number of unbranched alkanes of at least 4 members (excludes halogenated alkanes) is 27. The molecule has 5 unspecified atom stereocenters. The van der Waals surface area contributed by atoms with E-state index >= 15 is 0 Å². The molecule has 5 atom stereocenters. The van der Waals surface area contributed by atoms with Gasteiger partial charge in [0.05, 0.1) is 32.8 Å². The van der Waals surface area contributed by atoms with Crippen LogP contribution in [0.2, 0.25) is 0 Å². The molecule has 0 amide bonds. The zero-order valence-corrected chi connectivity index (χ0v) is 68.1. The van der Waals surface area contributed by atoms with E-state index in [2.05, 4.69) is 149 Å². The van der Waals surface area contributed by atoms with Gasteiger partial charge in [0.15, 0.2) is 12.2 Å². The largest absolute Gasteiger partial charge is 0.472 e. The van der Waals surface area contributed by atoms with Crippen LogP contribution in [0, 0.1) is 0 Å². The standard InChI is InChI=1S/C87H146O17P2/c1-5-9-13-17-21-25-29-33-37-39-40-42-45-48-52-56-60-64-68-72-85(90)98-78-83(104-87(92)74-70-66-62-58-54-50-46-41-38-34-30-26-22-18-14-10-6-2)80-102-106(95,96)100-76-81(88)75-99-105(93,94)101-79-82(103-86(91)73-69-65-61-57-53-49-44-36-32-28-24-20-16-12-8-4)77-97-84(89)71-67-63-59-55-51-47-43-35-31-27-23-19-15-11-7-3/h10-11,14-15,21-23,25-27,33-38,40,42-44,51,55,63,67,81-83,88H,5-9,12-13,16-20,24,28-32,39,41,45-50,52-54,56-62,64-66,68-80H2,1-4H3,(H,93,94)(H,95,96)/b14-10-,15-11-,25-21-,26-22-,27-23-,37-33-,38-34-,42-40-,43-35-,44-36-,55-51-,67-63-. The first-order valence-corrected chi connectivity index (χ1v) is 44.1. The lowest BCUT2D eigenvalue weighted by Gasteiger charge is -2.21. The number of hydrogen-bond acceptors (Lipinski definition) is 15. The van der Waals surface area contributed by atoms with Crippen molar-refractivity contribution >= 4 is 39.5 Å². The Morgan fingerprint density at radius 1 is 0.283 bits per heavy atom. The second-order valence-corrected chi connectivity index (χ2v) is 29.9. The predicted octanol–water partition coefficient (Wildman–Crippen LogP) is 24.2. The molecule has 106 heavy (non-hydrogen) atoms. The summed E-state index contributed by atoms with van der Waals surface area (Å²) in [6.07, 6.45) is 89.9. The van der Waals surface area contributed by atoms with Crippen LogP contribution in [0.3, 0.4) is 0 Å². The van der Waals surface area contributed by atoms with Crippen LogP contribution in [0.4, 0.5) is 0 Å². The molecule has 0 spiro atoms. The SMILES string of the molecule is CC/C=C\C/C=C\C/C=C\C/C=C\C/C=C\CC(=O)OCC(COP(=O)(O)OCC(O)COP(=O)(O)OCC(COC(=O)CCCCCCCC/C=C\C/C=C\C/C=C\CCCCC)OC(=O)CCCCCCCCC/C=C\C/C=C\C/C=C\CC)OC(=O)CCCCCCC/C=C\CCCCCCCC. The van der Waals surface area contributed by atoms with Gasteiger partial charge in [-0.3, -0.25) is 37.3 Å². The highest BCUT2D eigenvalue weighted by Gasteiger charge is 2.30. The molecule has 0 saturated carbocycles. The molecule has 0 aromatic rings. The minimum Gasteiger partial charge on any atom is -0.462 e. The van der Waals surface area contributed by atoms with Gasteiger partial charge in [-0.05, 0) is 148 Å². The normalized spacial score (nSPS) is 14.6. The molecule has 0 aliphatic carbocycles. The van der Waals surface area contributed by atoms with Crippen molar-refractivity contribution in [1.29, 1.82) is 0 Å². The van der Waals surface area contributed by atoms with Crippen molar-refractivity contribution in [1.82, 2.24) is 0 Å². The summed E-state index contributed by atoms with van der Waals surface area (Å²) in [5.41, 5.74) is 0. The molecule has 0 saturated heterocycles. The van der Waals surface area contributed by atoms with Gasteiger partial charge in [0, 0.05) is 19.3 Å². The summed E-state index contributed by atoms with van der Waals surface area (Å²) in [6.45, 7) is 4.49. The van der Waals surface area contributed by atoms with Crippen LogP contribution in [0.1, 0.15) is 323 Å². The van der Waals surface area contributed by atoms with Gasteiger partial charge in [-0.15, -0.1) is 0 Å². The van der Waals surface area contributed by atoms with Crippen LogP contribution in [0.25, 0.3) is 0 Å². The van der Waals surface area contributed by atoms with Crippen molar-refractivity contribution in [3.63, 3.8) is 0 Å². The zero-order chi connectivity index (χ0) is 77.4. The smallest absolute Gasteiger partial charge is 0.462 e. The first kappa shape index (κ1) is 101. The quantitative estimate of drug-likeness (QED) is 0.0169. The first-order chi connectivity index (χ1) is 51.7. The Bertz CT molecular complexity index is 2580. The van der Waals surface area contributed by atoms with Crippen LogP contribution in [-0.4, -0.2) is 96.7 Å². The van der Waals surface area contributed by atoms with Crippen molar-refractivity contribution in [2.75, 3.05) is 39.6 Å². The number of carbonyl (C=O) groups is 4. The summed E-state index contributed by atoms with van der Waals surface area (Å²) >= 11 is 0. The predicted molar refractivity (Wildman–Crippen MR) is 436 cm³/mol. The minimum atomic E-state index is -5.00. The molecule has 0 radical (unpaired) electrons. The van der Waals surface area contributed by atoms with Crippen molar-refractivity contribution < 1.29 is 80.2 Å². The van der Waals surface area contributed by atoms with Crippen molar-refractivity contribution in [2.24, 2.45) is 0 Å². The summed E-state index contributed by atoms with van der Waals surface area (Å²) in [7, 11) is -10.0. The fourth-order valence-electron chi connectivity index (χ4n) is 10.6. The number of phosphoric acid groups is 2. The Balaban J connectivity index is 5.45. The van der Waals surface area contributed by atoms with E-state index in [9.17, 15) is 43.2 Å². The van der Waals surface area contributed by atoms with Crippen molar-refractivity contribution in [2.45, 2.75) is 341 Å². The van der Waals surface area contributed by atoms with Gasteiger partial charge in [-0.25, -0.2) is 9.13 Å². The molecule has 0 aromatic heterocycles. The molecular formula is C87H146O17P2. The number of aliphatic hydroxyl groups excluding tert-OH is 1. The maximum Gasteiger partial charge on any atom is 0.472 e. The lowest BCUT2D eigenvalue weighted by atomic mass is 10.1. The van der Waals surface area contributed by atoms with E-state index in [0.717, 1.165) is 186 Å².